The first kappa shape index (κ1) is 41.3. The van der Waals surface area contributed by atoms with Crippen LogP contribution < -0.4 is 10.1 Å². The largest absolute Gasteiger partial charge is 0.493 e. The van der Waals surface area contributed by atoms with Crippen molar-refractivity contribution in [3.63, 3.8) is 0 Å². The number of aliphatic imine (C=N–C) groups is 1. The molecule has 2 saturated heterocycles. The van der Waals surface area contributed by atoms with Gasteiger partial charge in [-0.25, -0.2) is 9.59 Å². The van der Waals surface area contributed by atoms with Gasteiger partial charge in [-0.15, -0.1) is 5.06 Å². The highest BCUT2D eigenvalue weighted by Crippen LogP contribution is 2.54. The van der Waals surface area contributed by atoms with Gasteiger partial charge in [0, 0.05) is 61.4 Å². The summed E-state index contributed by atoms with van der Waals surface area (Å²) in [6.45, 7) is 17.8. The Balaban J connectivity index is 1.36. The number of rotatable bonds is 9. The number of ether oxygens (including phenoxy) is 1. The highest BCUT2D eigenvalue weighted by atomic mass is 35.5. The predicted molar refractivity (Wildman–Crippen MR) is 220 cm³/mol. The third-order valence-corrected chi connectivity index (χ3v) is 12.1. The second-order valence-electron chi connectivity index (χ2n) is 16.0. The Bertz CT molecular complexity index is 1970. The first-order valence-electron chi connectivity index (χ1n) is 19.5. The summed E-state index contributed by atoms with van der Waals surface area (Å²) in [5.41, 5.74) is 0.406. The molecule has 6 rings (SSSR count). The maximum atomic E-state index is 15.4. The van der Waals surface area contributed by atoms with Gasteiger partial charge in [-0.1, -0.05) is 53.5 Å². The van der Waals surface area contributed by atoms with Crippen molar-refractivity contribution in [2.75, 3.05) is 45.9 Å². The van der Waals surface area contributed by atoms with Crippen molar-refractivity contribution in [1.82, 2.24) is 25.1 Å². The fourth-order valence-electron chi connectivity index (χ4n) is 8.10. The van der Waals surface area contributed by atoms with Crippen molar-refractivity contribution < 1.29 is 19.2 Å². The number of piperazine rings is 1. The number of hydrogen-bond donors (Lipinski definition) is 1. The number of carbonyl (C=O) groups is 2. The van der Waals surface area contributed by atoms with Crippen molar-refractivity contribution >= 4 is 41.2 Å². The molecule has 3 aliphatic rings. The van der Waals surface area contributed by atoms with Crippen LogP contribution in [-0.2, 0) is 21.3 Å². The molecule has 298 valence electrons. The molecule has 3 heterocycles. The van der Waals surface area contributed by atoms with E-state index in [4.69, 9.17) is 37.8 Å². The Morgan fingerprint density at radius 1 is 0.929 bits per heavy atom. The highest BCUT2D eigenvalue weighted by Gasteiger charge is 2.60. The van der Waals surface area contributed by atoms with Gasteiger partial charge in [-0.05, 0) is 114 Å². The third kappa shape index (κ3) is 8.08. The second-order valence-corrected chi connectivity index (χ2v) is 16.8. The lowest BCUT2D eigenvalue weighted by atomic mass is 9.71. The lowest BCUT2D eigenvalue weighted by molar-refractivity contribution is -0.123. The zero-order valence-electron chi connectivity index (χ0n) is 33.4. The van der Waals surface area contributed by atoms with E-state index in [9.17, 15) is 10.1 Å². The minimum Gasteiger partial charge on any atom is -0.493 e. The molecule has 0 spiro atoms. The molecule has 3 amide bonds. The number of hydroxylamine groups is 2. The van der Waals surface area contributed by atoms with Gasteiger partial charge < -0.3 is 19.8 Å². The van der Waals surface area contributed by atoms with Crippen molar-refractivity contribution in [3.05, 3.63) is 99.0 Å². The molecule has 3 aromatic carbocycles. The van der Waals surface area contributed by atoms with E-state index in [0.29, 0.717) is 79.1 Å². The molecule has 11 nitrogen and oxygen atoms in total. The van der Waals surface area contributed by atoms with E-state index in [1.807, 2.05) is 111 Å². The van der Waals surface area contributed by atoms with Crippen LogP contribution in [0.15, 0.2) is 71.7 Å². The number of nitrogens with one attached hydrogen (secondary N) is 1. The Kier molecular flexibility index (Phi) is 12.3. The van der Waals surface area contributed by atoms with Crippen LogP contribution in [0.5, 0.6) is 5.75 Å². The number of nitriles is 1. The highest BCUT2D eigenvalue weighted by molar-refractivity contribution is 6.30. The maximum absolute atomic E-state index is 15.4. The lowest BCUT2D eigenvalue weighted by Crippen LogP contribution is -2.61. The van der Waals surface area contributed by atoms with E-state index in [1.165, 1.54) is 0 Å². The Morgan fingerprint density at radius 3 is 2.07 bits per heavy atom. The van der Waals surface area contributed by atoms with Gasteiger partial charge in [0.2, 0.25) is 0 Å². The quantitative estimate of drug-likeness (QED) is 0.232. The van der Waals surface area contributed by atoms with Gasteiger partial charge in [-0.3, -0.25) is 14.8 Å². The number of halogens is 2. The zero-order valence-corrected chi connectivity index (χ0v) is 35.0. The van der Waals surface area contributed by atoms with Gasteiger partial charge in [0.25, 0.3) is 0 Å². The number of nitrogens with zero attached hydrogens (tertiary/aromatic N) is 6. The molecule has 0 bridgehead atoms. The molecular weight excluding hydrogens is 749 g/mol. The van der Waals surface area contributed by atoms with Gasteiger partial charge in [0.1, 0.15) is 22.7 Å². The normalized spacial score (nSPS) is 22.5. The molecule has 3 aromatic rings. The Hall–Kier alpha value is -4.34. The summed E-state index contributed by atoms with van der Waals surface area (Å²) in [7, 11) is 0. The summed E-state index contributed by atoms with van der Waals surface area (Å²) in [4.78, 5) is 44.9. The molecule has 2 fully saturated rings. The van der Waals surface area contributed by atoms with E-state index in [1.54, 1.807) is 5.06 Å². The topological polar surface area (TPSA) is 114 Å². The number of carbonyl (C=O) groups excluding carboxylic acids is 2. The average Bonchev–Trinajstić information content (AvgIpc) is 3.42. The van der Waals surface area contributed by atoms with Crippen LogP contribution in [-0.4, -0.2) is 95.7 Å². The molecule has 1 N–H and O–H groups in total. The molecule has 0 radical (unpaired) electrons. The molecule has 13 heteroatoms. The first-order chi connectivity index (χ1) is 26.6. The number of hydrogen-bond acceptors (Lipinski definition) is 8. The summed E-state index contributed by atoms with van der Waals surface area (Å²) in [5, 5.41) is 15.7. The van der Waals surface area contributed by atoms with E-state index in [2.05, 4.69) is 30.1 Å². The minimum atomic E-state index is -1.04. The van der Waals surface area contributed by atoms with E-state index in [0.717, 1.165) is 29.5 Å². The molecule has 56 heavy (non-hydrogen) atoms. The molecule has 3 aliphatic heterocycles. The predicted octanol–water partition coefficient (Wildman–Crippen LogP) is 8.34. The molecule has 2 atom stereocenters. The number of benzene rings is 3. The molecular formula is C43H53Cl2N7O4. The van der Waals surface area contributed by atoms with E-state index in [-0.39, 0.29) is 12.1 Å². The minimum absolute atomic E-state index is 0.00583. The molecule has 0 unspecified atom stereocenters. The monoisotopic (exact) mass is 801 g/mol. The molecule has 0 aromatic heterocycles. The molecule has 0 aliphatic carbocycles. The summed E-state index contributed by atoms with van der Waals surface area (Å²) in [5.74, 6) is 1.02. The van der Waals surface area contributed by atoms with E-state index < -0.39 is 22.6 Å². The van der Waals surface area contributed by atoms with Crippen LogP contribution in [0.4, 0.5) is 9.59 Å². The number of amidine groups is 1. The van der Waals surface area contributed by atoms with Gasteiger partial charge in [-0.2, -0.15) is 5.26 Å². The van der Waals surface area contributed by atoms with Gasteiger partial charge in [0.05, 0.1) is 23.7 Å². The van der Waals surface area contributed by atoms with Crippen molar-refractivity contribution in [1.29, 1.82) is 5.26 Å². The number of urea groups is 1. The fourth-order valence-corrected chi connectivity index (χ4v) is 8.35. The summed E-state index contributed by atoms with van der Waals surface area (Å²) in [6.07, 6.45) is 1.29. The smallest absolute Gasteiger partial charge is 0.426 e. The number of amides is 3. The average molecular weight is 803 g/mol. The van der Waals surface area contributed by atoms with Crippen molar-refractivity contribution in [2.24, 2.45) is 4.99 Å². The summed E-state index contributed by atoms with van der Waals surface area (Å²) in [6, 6.07) is 23.6. The molecule has 0 saturated carbocycles. The van der Waals surface area contributed by atoms with Crippen LogP contribution in [0.1, 0.15) is 83.6 Å². The Labute approximate surface area is 341 Å². The third-order valence-electron chi connectivity index (χ3n) is 11.6. The van der Waals surface area contributed by atoms with Gasteiger partial charge in [0.15, 0.2) is 0 Å². The second kappa shape index (κ2) is 16.6. The van der Waals surface area contributed by atoms with Gasteiger partial charge >= 0.3 is 12.1 Å². The van der Waals surface area contributed by atoms with E-state index >= 15 is 4.79 Å². The SMILES string of the molecule is CCOc1cc(C(C)(C)C#N)ccc1C1=N[C@@](C)(c2ccc(Cl)cc2)[C@@](C)(c2ccc(Cl)cc2)N1C(=O)N1CCN(C2CCN(OC(=O)NC(C)C)CC2)CC1. The fraction of sp³-hybridized carbons (Fsp3) is 0.488. The van der Waals surface area contributed by atoms with Crippen molar-refractivity contribution in [2.45, 2.75) is 89.9 Å². The van der Waals surface area contributed by atoms with Crippen LogP contribution in [0.25, 0.3) is 0 Å². The van der Waals surface area contributed by atoms with Crippen LogP contribution in [0.3, 0.4) is 0 Å². The maximum Gasteiger partial charge on any atom is 0.426 e. The Morgan fingerprint density at radius 2 is 1.52 bits per heavy atom. The number of piperidine rings is 1. The van der Waals surface area contributed by atoms with Crippen LogP contribution in [0, 0.1) is 11.3 Å². The van der Waals surface area contributed by atoms with Crippen LogP contribution in [0.2, 0.25) is 10.0 Å². The summed E-state index contributed by atoms with van der Waals surface area (Å²) < 4.78 is 6.29. The first-order valence-corrected chi connectivity index (χ1v) is 20.2. The lowest BCUT2D eigenvalue weighted by Gasteiger charge is -2.48. The zero-order chi connectivity index (χ0) is 40.4. The van der Waals surface area contributed by atoms with Crippen molar-refractivity contribution in [3.8, 4) is 11.8 Å². The van der Waals surface area contributed by atoms with Crippen LogP contribution >= 0.6 is 23.2 Å². The summed E-state index contributed by atoms with van der Waals surface area (Å²) >= 11 is 12.9. The standard InChI is InChI=1S/C43H53Cl2N7O4/c1-8-55-37-27-32(41(4,5)28-46)13-18-36(37)38-48-42(6,30-9-14-33(44)15-10-30)43(7,31-11-16-34(45)17-12-31)52(38)40(54)50-25-23-49(24-26-50)35-19-21-51(22-20-35)56-39(53)47-29(2)3/h9-18,27,29,35H,8,19-26H2,1-7H3,(H,47,53)/t42-,43+/m0/s1.